The Morgan fingerprint density at radius 3 is 2.62 bits per heavy atom. The predicted molar refractivity (Wildman–Crippen MR) is 113 cm³/mol. The maximum atomic E-state index is 12.6. The van der Waals surface area contributed by atoms with Crippen molar-refractivity contribution in [1.82, 2.24) is 19.2 Å². The molecule has 0 saturated heterocycles. The van der Waals surface area contributed by atoms with E-state index in [9.17, 15) is 13.2 Å². The number of rotatable bonds is 7. The summed E-state index contributed by atoms with van der Waals surface area (Å²) in [6.45, 7) is 4.77. The van der Waals surface area contributed by atoms with Gasteiger partial charge in [-0.05, 0) is 55.7 Å². The second kappa shape index (κ2) is 8.34. The van der Waals surface area contributed by atoms with E-state index >= 15 is 0 Å². The lowest BCUT2D eigenvalue weighted by Crippen LogP contribution is -2.27. The number of fused-ring (bicyclic) bond motifs is 1. The molecule has 154 valence electrons. The van der Waals surface area contributed by atoms with Crippen molar-refractivity contribution >= 4 is 27.0 Å². The zero-order valence-corrected chi connectivity index (χ0v) is 18.0. The van der Waals surface area contributed by atoms with Crippen LogP contribution in [0.3, 0.4) is 0 Å². The van der Waals surface area contributed by atoms with Crippen LogP contribution < -0.4 is 5.32 Å². The highest BCUT2D eigenvalue weighted by Crippen LogP contribution is 2.23. The van der Waals surface area contributed by atoms with E-state index in [-0.39, 0.29) is 10.8 Å². The van der Waals surface area contributed by atoms with Crippen LogP contribution in [0.25, 0.3) is 11.0 Å². The van der Waals surface area contributed by atoms with Crippen LogP contribution in [0.2, 0.25) is 0 Å². The Morgan fingerprint density at radius 1 is 1.17 bits per heavy atom. The topological polar surface area (TPSA) is 84.3 Å². The monoisotopic (exact) mass is 414 g/mol. The number of para-hydroxylation sites is 2. The molecule has 3 rings (SSSR count). The van der Waals surface area contributed by atoms with Crippen LogP contribution in [0.15, 0.2) is 47.6 Å². The van der Waals surface area contributed by atoms with Gasteiger partial charge in [0, 0.05) is 32.7 Å². The highest BCUT2D eigenvalue weighted by atomic mass is 32.2. The van der Waals surface area contributed by atoms with Crippen molar-refractivity contribution in [1.29, 1.82) is 0 Å². The fourth-order valence-corrected chi connectivity index (χ4v) is 4.38. The molecular weight excluding hydrogens is 388 g/mol. The zero-order chi connectivity index (χ0) is 21.2. The third-order valence-electron chi connectivity index (χ3n) is 5.03. The maximum Gasteiger partial charge on any atom is 0.251 e. The van der Waals surface area contributed by atoms with Gasteiger partial charge in [0.05, 0.1) is 22.3 Å². The number of nitrogens with one attached hydrogen (secondary N) is 1. The molecule has 1 amide bonds. The van der Waals surface area contributed by atoms with Crippen molar-refractivity contribution in [2.45, 2.75) is 31.7 Å². The Hall–Kier alpha value is -2.71. The number of amides is 1. The van der Waals surface area contributed by atoms with Gasteiger partial charge in [0.2, 0.25) is 10.0 Å². The first kappa shape index (κ1) is 21.0. The minimum atomic E-state index is -3.62. The van der Waals surface area contributed by atoms with Crippen molar-refractivity contribution in [3.05, 3.63) is 59.4 Å². The first-order valence-corrected chi connectivity index (χ1v) is 10.9. The maximum absolute atomic E-state index is 12.6. The van der Waals surface area contributed by atoms with Crippen LogP contribution in [0.4, 0.5) is 0 Å². The second-order valence-corrected chi connectivity index (χ2v) is 9.36. The molecule has 8 heteroatoms. The van der Waals surface area contributed by atoms with Crippen molar-refractivity contribution in [3.63, 3.8) is 0 Å². The standard InChI is InChI=1S/C21H26N4O3S/c1-15-12-17(13-20(16(15)2)29(27,28)24(3)4)21(26)22-10-7-11-25-14-23-18-8-5-6-9-19(18)25/h5-6,8-9,12-14H,7,10-11H2,1-4H3,(H,22,26). The summed E-state index contributed by atoms with van der Waals surface area (Å²) in [6, 6.07) is 11.1. The SMILES string of the molecule is Cc1cc(C(=O)NCCCn2cnc3ccccc32)cc(S(=O)(=O)N(C)C)c1C. The lowest BCUT2D eigenvalue weighted by atomic mass is 10.1. The molecule has 7 nitrogen and oxygen atoms in total. The molecule has 0 atom stereocenters. The smallest absolute Gasteiger partial charge is 0.251 e. The third-order valence-corrected chi connectivity index (χ3v) is 6.97. The van der Waals surface area contributed by atoms with E-state index in [4.69, 9.17) is 0 Å². The third kappa shape index (κ3) is 4.33. The Labute approximate surface area is 171 Å². The van der Waals surface area contributed by atoms with Crippen LogP contribution >= 0.6 is 0 Å². The molecule has 0 aliphatic rings. The van der Waals surface area contributed by atoms with Crippen LogP contribution in [-0.4, -0.2) is 48.8 Å². The van der Waals surface area contributed by atoms with Crippen LogP contribution in [0.5, 0.6) is 0 Å². The number of aromatic nitrogens is 2. The van der Waals surface area contributed by atoms with E-state index in [0.29, 0.717) is 17.7 Å². The predicted octanol–water partition coefficient (Wildman–Crippen LogP) is 2.72. The number of carbonyl (C=O) groups excluding carboxylic acids is 1. The Balaban J connectivity index is 1.67. The molecule has 29 heavy (non-hydrogen) atoms. The Kier molecular flexibility index (Phi) is 6.04. The van der Waals surface area contributed by atoms with Crippen molar-refractivity contribution in [3.8, 4) is 0 Å². The first-order chi connectivity index (χ1) is 13.7. The molecule has 0 aliphatic heterocycles. The average molecular weight is 415 g/mol. The first-order valence-electron chi connectivity index (χ1n) is 9.43. The quantitative estimate of drug-likeness (QED) is 0.603. The number of hydrogen-bond acceptors (Lipinski definition) is 4. The van der Waals surface area contributed by atoms with Gasteiger partial charge >= 0.3 is 0 Å². The minimum absolute atomic E-state index is 0.164. The highest BCUT2D eigenvalue weighted by molar-refractivity contribution is 7.89. The molecular formula is C21H26N4O3S. The largest absolute Gasteiger partial charge is 0.352 e. The summed E-state index contributed by atoms with van der Waals surface area (Å²) in [4.78, 5) is 17.1. The lowest BCUT2D eigenvalue weighted by Gasteiger charge is -2.16. The molecule has 2 aromatic carbocycles. The molecule has 0 aliphatic carbocycles. The van der Waals surface area contributed by atoms with Crippen molar-refractivity contribution < 1.29 is 13.2 Å². The molecule has 1 aromatic heterocycles. The van der Waals surface area contributed by atoms with Gasteiger partial charge in [0.25, 0.3) is 5.91 Å². The molecule has 0 spiro atoms. The van der Waals surface area contributed by atoms with Gasteiger partial charge in [0.15, 0.2) is 0 Å². The summed E-state index contributed by atoms with van der Waals surface area (Å²) in [5, 5.41) is 2.88. The van der Waals surface area contributed by atoms with E-state index in [0.717, 1.165) is 33.9 Å². The van der Waals surface area contributed by atoms with E-state index in [1.807, 2.05) is 31.2 Å². The van der Waals surface area contributed by atoms with Gasteiger partial charge in [-0.15, -0.1) is 0 Å². The van der Waals surface area contributed by atoms with Crippen molar-refractivity contribution in [2.24, 2.45) is 0 Å². The normalized spacial score (nSPS) is 11.9. The summed E-state index contributed by atoms with van der Waals surface area (Å²) in [5.41, 5.74) is 3.78. The van der Waals surface area contributed by atoms with Crippen molar-refractivity contribution in [2.75, 3.05) is 20.6 Å². The summed E-state index contributed by atoms with van der Waals surface area (Å²) in [5.74, 6) is -0.279. The second-order valence-electron chi connectivity index (χ2n) is 7.24. The number of aryl methyl sites for hydroxylation is 2. The fourth-order valence-electron chi connectivity index (χ4n) is 3.16. The van der Waals surface area contributed by atoms with E-state index in [1.54, 1.807) is 19.3 Å². The van der Waals surface area contributed by atoms with E-state index < -0.39 is 10.0 Å². The lowest BCUT2D eigenvalue weighted by molar-refractivity contribution is 0.0952. The van der Waals surface area contributed by atoms with Crippen LogP contribution in [0.1, 0.15) is 27.9 Å². The fraction of sp³-hybridized carbons (Fsp3) is 0.333. The van der Waals surface area contributed by atoms with Crippen LogP contribution in [-0.2, 0) is 16.6 Å². The molecule has 1 N–H and O–H groups in total. The Morgan fingerprint density at radius 2 is 1.90 bits per heavy atom. The zero-order valence-electron chi connectivity index (χ0n) is 17.1. The number of nitrogens with zero attached hydrogens (tertiary/aromatic N) is 3. The van der Waals surface area contributed by atoms with Gasteiger partial charge < -0.3 is 9.88 Å². The summed E-state index contributed by atoms with van der Waals surface area (Å²) in [7, 11) is -0.653. The summed E-state index contributed by atoms with van der Waals surface area (Å²) < 4.78 is 28.3. The molecule has 1 heterocycles. The summed E-state index contributed by atoms with van der Waals surface area (Å²) >= 11 is 0. The molecule has 0 unspecified atom stereocenters. The van der Waals surface area contributed by atoms with Gasteiger partial charge in [0.1, 0.15) is 0 Å². The Bertz CT molecular complexity index is 1150. The summed E-state index contributed by atoms with van der Waals surface area (Å²) in [6.07, 6.45) is 2.54. The molecule has 3 aromatic rings. The molecule has 0 saturated carbocycles. The number of imidazole rings is 1. The number of sulfonamides is 1. The van der Waals surface area contributed by atoms with Crippen LogP contribution in [0, 0.1) is 13.8 Å². The number of hydrogen-bond donors (Lipinski definition) is 1. The minimum Gasteiger partial charge on any atom is -0.352 e. The van der Waals surface area contributed by atoms with Gasteiger partial charge in [-0.3, -0.25) is 4.79 Å². The highest BCUT2D eigenvalue weighted by Gasteiger charge is 2.22. The van der Waals surface area contributed by atoms with Gasteiger partial charge in [-0.25, -0.2) is 17.7 Å². The number of benzene rings is 2. The molecule has 0 fully saturated rings. The average Bonchev–Trinajstić information content (AvgIpc) is 3.10. The van der Waals surface area contributed by atoms with Gasteiger partial charge in [-0.2, -0.15) is 0 Å². The van der Waals surface area contributed by atoms with E-state index in [1.165, 1.54) is 20.2 Å². The van der Waals surface area contributed by atoms with Gasteiger partial charge in [-0.1, -0.05) is 12.1 Å². The van der Waals surface area contributed by atoms with E-state index in [2.05, 4.69) is 14.9 Å². The number of carbonyl (C=O) groups is 1. The molecule has 0 bridgehead atoms. The molecule has 0 radical (unpaired) electrons.